The van der Waals surface area contributed by atoms with Crippen molar-refractivity contribution in [3.63, 3.8) is 0 Å². The zero-order chi connectivity index (χ0) is 19.4. The molecular weight excluding hydrogens is 348 g/mol. The smallest absolute Gasteiger partial charge is 0.253 e. The SMILES string of the molecule is CCC(=O)N1CCC[C@@H](Nc2ncnc3c2c(C(=O)NCCO)cn3C)C1. The molecule has 146 valence electrons. The number of nitrogens with one attached hydrogen (secondary N) is 2. The molecule has 0 aromatic carbocycles. The van der Waals surface area contributed by atoms with Crippen LogP contribution in [0.15, 0.2) is 12.5 Å². The Morgan fingerprint density at radius 1 is 1.37 bits per heavy atom. The molecule has 0 saturated carbocycles. The number of likely N-dealkylation sites (tertiary alicyclic amines) is 1. The normalized spacial score (nSPS) is 17.1. The monoisotopic (exact) mass is 374 g/mol. The van der Waals surface area contributed by atoms with Crippen molar-refractivity contribution in [3.05, 3.63) is 18.1 Å². The maximum absolute atomic E-state index is 12.5. The first-order chi connectivity index (χ1) is 13.0. The number of fused-ring (bicyclic) bond motifs is 1. The second kappa shape index (κ2) is 8.34. The molecule has 2 aromatic heterocycles. The lowest BCUT2D eigenvalue weighted by Gasteiger charge is -2.33. The molecule has 1 aliphatic heterocycles. The van der Waals surface area contributed by atoms with Gasteiger partial charge in [-0.3, -0.25) is 9.59 Å². The molecule has 3 N–H and O–H groups in total. The number of anilines is 1. The van der Waals surface area contributed by atoms with Gasteiger partial charge in [0.2, 0.25) is 5.91 Å². The summed E-state index contributed by atoms with van der Waals surface area (Å²) in [6, 6.07) is 0.0703. The van der Waals surface area contributed by atoms with Gasteiger partial charge in [0.25, 0.3) is 5.91 Å². The van der Waals surface area contributed by atoms with Gasteiger partial charge in [-0.05, 0) is 12.8 Å². The summed E-state index contributed by atoms with van der Waals surface area (Å²) in [5, 5.41) is 15.7. The Morgan fingerprint density at radius 3 is 2.93 bits per heavy atom. The highest BCUT2D eigenvalue weighted by Crippen LogP contribution is 2.27. The number of hydrogen-bond donors (Lipinski definition) is 3. The van der Waals surface area contributed by atoms with Gasteiger partial charge in [0, 0.05) is 45.3 Å². The number of nitrogens with zero attached hydrogens (tertiary/aromatic N) is 4. The summed E-state index contributed by atoms with van der Waals surface area (Å²) in [7, 11) is 1.82. The van der Waals surface area contributed by atoms with Gasteiger partial charge in [-0.15, -0.1) is 0 Å². The molecule has 2 amide bonds. The zero-order valence-electron chi connectivity index (χ0n) is 15.7. The Hall–Kier alpha value is -2.68. The first-order valence-electron chi connectivity index (χ1n) is 9.28. The number of hydrogen-bond acceptors (Lipinski definition) is 6. The van der Waals surface area contributed by atoms with Crippen LogP contribution in [0.25, 0.3) is 11.0 Å². The topological polar surface area (TPSA) is 112 Å². The highest BCUT2D eigenvalue weighted by Gasteiger charge is 2.25. The van der Waals surface area contributed by atoms with Crippen LogP contribution in [0, 0.1) is 0 Å². The van der Waals surface area contributed by atoms with Crippen LogP contribution in [0.1, 0.15) is 36.5 Å². The fourth-order valence-electron chi connectivity index (χ4n) is 3.50. The van der Waals surface area contributed by atoms with Crippen molar-refractivity contribution in [2.24, 2.45) is 7.05 Å². The number of aliphatic hydroxyl groups is 1. The molecule has 1 aliphatic rings. The molecular formula is C18H26N6O3. The van der Waals surface area contributed by atoms with Crippen molar-refractivity contribution in [3.8, 4) is 0 Å². The summed E-state index contributed by atoms with van der Waals surface area (Å²) in [6.45, 7) is 3.33. The van der Waals surface area contributed by atoms with Crippen LogP contribution in [0.5, 0.6) is 0 Å². The Balaban J connectivity index is 1.88. The van der Waals surface area contributed by atoms with Crippen LogP contribution in [-0.2, 0) is 11.8 Å². The summed E-state index contributed by atoms with van der Waals surface area (Å²) >= 11 is 0. The number of aliphatic hydroxyl groups excluding tert-OH is 1. The van der Waals surface area contributed by atoms with E-state index in [1.807, 2.05) is 18.9 Å². The van der Waals surface area contributed by atoms with Crippen LogP contribution < -0.4 is 10.6 Å². The number of amides is 2. The maximum Gasteiger partial charge on any atom is 0.253 e. The van der Waals surface area contributed by atoms with Gasteiger partial charge in [-0.25, -0.2) is 9.97 Å². The number of piperidine rings is 1. The molecule has 0 spiro atoms. The van der Waals surface area contributed by atoms with E-state index in [9.17, 15) is 9.59 Å². The van der Waals surface area contributed by atoms with Gasteiger partial charge in [0.1, 0.15) is 17.8 Å². The summed E-state index contributed by atoms with van der Waals surface area (Å²) in [5.74, 6) is 0.461. The van der Waals surface area contributed by atoms with Gasteiger partial charge in [0.05, 0.1) is 17.6 Å². The number of carbonyl (C=O) groups excluding carboxylic acids is 2. The first-order valence-corrected chi connectivity index (χ1v) is 9.28. The highest BCUT2D eigenvalue weighted by molar-refractivity contribution is 6.09. The summed E-state index contributed by atoms with van der Waals surface area (Å²) in [6.07, 6.45) is 5.54. The lowest BCUT2D eigenvalue weighted by molar-refractivity contribution is -0.131. The standard InChI is InChI=1S/C18H26N6O3/c1-3-14(26)24-7-4-5-12(9-24)22-16-15-13(18(27)19-6-8-25)10-23(2)17(15)21-11-20-16/h10-12,25H,3-9H2,1-2H3,(H,19,27)(H,20,21,22)/t12-/m1/s1. The van der Waals surface area contributed by atoms with E-state index in [4.69, 9.17) is 5.11 Å². The van der Waals surface area contributed by atoms with E-state index in [1.165, 1.54) is 6.33 Å². The largest absolute Gasteiger partial charge is 0.395 e. The van der Waals surface area contributed by atoms with E-state index in [-0.39, 0.29) is 31.0 Å². The number of rotatable bonds is 6. The average molecular weight is 374 g/mol. The fourth-order valence-corrected chi connectivity index (χ4v) is 3.50. The molecule has 0 bridgehead atoms. The molecule has 0 radical (unpaired) electrons. The van der Waals surface area contributed by atoms with Crippen LogP contribution in [0.4, 0.5) is 5.82 Å². The predicted molar refractivity (Wildman–Crippen MR) is 101 cm³/mol. The van der Waals surface area contributed by atoms with Gasteiger partial charge >= 0.3 is 0 Å². The van der Waals surface area contributed by atoms with Crippen molar-refractivity contribution in [2.45, 2.75) is 32.2 Å². The molecule has 1 saturated heterocycles. The minimum atomic E-state index is -0.279. The molecule has 27 heavy (non-hydrogen) atoms. The lowest BCUT2D eigenvalue weighted by Crippen LogP contribution is -2.45. The van der Waals surface area contributed by atoms with Crippen molar-refractivity contribution >= 4 is 28.7 Å². The molecule has 1 atom stereocenters. The van der Waals surface area contributed by atoms with Crippen molar-refractivity contribution in [2.75, 3.05) is 31.6 Å². The average Bonchev–Trinajstić information content (AvgIpc) is 3.03. The minimum absolute atomic E-state index is 0.0703. The molecule has 0 unspecified atom stereocenters. The highest BCUT2D eigenvalue weighted by atomic mass is 16.3. The van der Waals surface area contributed by atoms with Crippen molar-refractivity contribution in [1.29, 1.82) is 0 Å². The molecule has 3 rings (SSSR count). The Bertz CT molecular complexity index is 834. The summed E-state index contributed by atoms with van der Waals surface area (Å²) in [4.78, 5) is 35.0. The molecule has 9 heteroatoms. The Labute approximate surface area is 157 Å². The van der Waals surface area contributed by atoms with Gasteiger partial charge in [0.15, 0.2) is 0 Å². The van der Waals surface area contributed by atoms with E-state index >= 15 is 0 Å². The van der Waals surface area contributed by atoms with Crippen molar-refractivity contribution in [1.82, 2.24) is 24.8 Å². The quantitative estimate of drug-likeness (QED) is 0.679. The third-order valence-electron chi connectivity index (χ3n) is 4.81. The van der Waals surface area contributed by atoms with E-state index in [0.29, 0.717) is 35.4 Å². The second-order valence-electron chi connectivity index (χ2n) is 6.73. The van der Waals surface area contributed by atoms with Crippen LogP contribution in [-0.4, -0.2) is 68.6 Å². The number of aryl methyl sites for hydroxylation is 1. The van der Waals surface area contributed by atoms with E-state index in [2.05, 4.69) is 20.6 Å². The fraction of sp³-hybridized carbons (Fsp3) is 0.556. The molecule has 3 heterocycles. The number of carbonyl (C=O) groups is 2. The third kappa shape index (κ3) is 4.02. The maximum atomic E-state index is 12.5. The number of aromatic nitrogens is 3. The van der Waals surface area contributed by atoms with E-state index in [0.717, 1.165) is 19.4 Å². The molecule has 1 fully saturated rings. The van der Waals surface area contributed by atoms with Crippen LogP contribution in [0.2, 0.25) is 0 Å². The Kier molecular flexibility index (Phi) is 5.90. The molecule has 9 nitrogen and oxygen atoms in total. The predicted octanol–water partition coefficient (Wildman–Crippen LogP) is 0.503. The van der Waals surface area contributed by atoms with Gasteiger partial charge in [-0.2, -0.15) is 0 Å². The lowest BCUT2D eigenvalue weighted by atomic mass is 10.0. The first kappa shape index (κ1) is 19.1. The van der Waals surface area contributed by atoms with Crippen LogP contribution >= 0.6 is 0 Å². The summed E-state index contributed by atoms with van der Waals surface area (Å²) in [5.41, 5.74) is 1.11. The molecule has 0 aliphatic carbocycles. The van der Waals surface area contributed by atoms with E-state index < -0.39 is 0 Å². The minimum Gasteiger partial charge on any atom is -0.395 e. The Morgan fingerprint density at radius 2 is 2.19 bits per heavy atom. The van der Waals surface area contributed by atoms with Gasteiger partial charge < -0.3 is 25.2 Å². The van der Waals surface area contributed by atoms with Gasteiger partial charge in [-0.1, -0.05) is 6.92 Å². The van der Waals surface area contributed by atoms with Crippen molar-refractivity contribution < 1.29 is 14.7 Å². The van der Waals surface area contributed by atoms with E-state index in [1.54, 1.807) is 10.8 Å². The third-order valence-corrected chi connectivity index (χ3v) is 4.81. The zero-order valence-corrected chi connectivity index (χ0v) is 15.7. The molecule has 2 aromatic rings. The summed E-state index contributed by atoms with van der Waals surface area (Å²) < 4.78 is 1.78. The van der Waals surface area contributed by atoms with Crippen LogP contribution in [0.3, 0.4) is 0 Å². The second-order valence-corrected chi connectivity index (χ2v) is 6.73.